The number of nitrogens with one attached hydrogen (secondary N) is 1. The number of imidazole rings is 1. The van der Waals surface area contributed by atoms with Crippen LogP contribution in [0.1, 0.15) is 17.0 Å². The molecule has 0 spiro atoms. The molecule has 0 saturated carbocycles. The molecule has 4 nitrogen and oxygen atoms in total. The molecule has 4 rings (SSSR count). The van der Waals surface area contributed by atoms with Crippen LogP contribution in [0.4, 0.5) is 0 Å². The summed E-state index contributed by atoms with van der Waals surface area (Å²) in [5, 5.41) is 10.7. The number of hydrogen-bond acceptors (Lipinski definition) is 3. The van der Waals surface area contributed by atoms with Crippen LogP contribution in [-0.4, -0.2) is 9.97 Å². The van der Waals surface area contributed by atoms with Gasteiger partial charge in [0.15, 0.2) is 0 Å². The smallest absolute Gasteiger partial charge is 0.149 e. The van der Waals surface area contributed by atoms with E-state index in [4.69, 9.17) is 27.9 Å². The van der Waals surface area contributed by atoms with Crippen molar-refractivity contribution in [1.82, 2.24) is 9.97 Å². The molecule has 1 aromatic heterocycles. The molecule has 0 aliphatic rings. The van der Waals surface area contributed by atoms with Crippen molar-refractivity contribution >= 4 is 45.9 Å². The average Bonchev–Trinajstić information content (AvgIpc) is 3.16. The standard InChI is InChI=1S/C23H15Cl2N3O/c24-18-9-8-16(20(25)12-18)14-29-19-5-3-4-15(11-19)10-17(13-26)23-27-21-6-1-2-7-22(21)28-23/h1-12H,14H2,(H,27,28). The lowest BCUT2D eigenvalue weighted by Gasteiger charge is -2.09. The minimum absolute atomic E-state index is 0.317. The number of aromatic nitrogens is 2. The van der Waals surface area contributed by atoms with Crippen LogP contribution in [0.25, 0.3) is 22.7 Å². The van der Waals surface area contributed by atoms with Crippen LogP contribution in [0.15, 0.2) is 66.7 Å². The van der Waals surface area contributed by atoms with Crippen LogP contribution in [0.5, 0.6) is 5.75 Å². The third-order valence-corrected chi connectivity index (χ3v) is 4.93. The molecular formula is C23H15Cl2N3O. The molecule has 0 fully saturated rings. The molecular weight excluding hydrogens is 405 g/mol. The summed E-state index contributed by atoms with van der Waals surface area (Å²) in [6.07, 6.45) is 1.78. The molecule has 6 heteroatoms. The lowest BCUT2D eigenvalue weighted by molar-refractivity contribution is 0.306. The molecule has 1 N–H and O–H groups in total. The van der Waals surface area contributed by atoms with Gasteiger partial charge in [0.05, 0.1) is 16.6 Å². The van der Waals surface area contributed by atoms with E-state index in [1.807, 2.05) is 54.6 Å². The first-order valence-corrected chi connectivity index (χ1v) is 9.62. The van der Waals surface area contributed by atoms with E-state index in [9.17, 15) is 5.26 Å². The van der Waals surface area contributed by atoms with Gasteiger partial charge in [0.25, 0.3) is 0 Å². The highest BCUT2D eigenvalue weighted by atomic mass is 35.5. The van der Waals surface area contributed by atoms with Crippen molar-refractivity contribution in [2.24, 2.45) is 0 Å². The third-order valence-electron chi connectivity index (χ3n) is 4.34. The summed E-state index contributed by atoms with van der Waals surface area (Å²) < 4.78 is 5.86. The van der Waals surface area contributed by atoms with Crippen LogP contribution in [0, 0.1) is 11.3 Å². The largest absolute Gasteiger partial charge is 0.489 e. The summed E-state index contributed by atoms with van der Waals surface area (Å²) in [4.78, 5) is 7.67. The quantitative estimate of drug-likeness (QED) is 0.374. The van der Waals surface area contributed by atoms with Gasteiger partial charge in [-0.1, -0.05) is 53.5 Å². The monoisotopic (exact) mass is 419 g/mol. The van der Waals surface area contributed by atoms with Crippen molar-refractivity contribution in [3.63, 3.8) is 0 Å². The Hall–Kier alpha value is -3.26. The zero-order valence-electron chi connectivity index (χ0n) is 15.2. The van der Waals surface area contributed by atoms with Gasteiger partial charge < -0.3 is 9.72 Å². The minimum Gasteiger partial charge on any atom is -0.489 e. The number of nitrogens with zero attached hydrogens (tertiary/aromatic N) is 2. The first-order chi connectivity index (χ1) is 14.1. The zero-order valence-corrected chi connectivity index (χ0v) is 16.7. The summed E-state index contributed by atoms with van der Waals surface area (Å²) in [6, 6.07) is 22.7. The molecule has 0 unspecified atom stereocenters. The molecule has 0 amide bonds. The molecule has 0 aliphatic heterocycles. The van der Waals surface area contributed by atoms with Crippen LogP contribution in [0.3, 0.4) is 0 Å². The maximum atomic E-state index is 9.61. The summed E-state index contributed by atoms with van der Waals surface area (Å²) >= 11 is 12.1. The fourth-order valence-electron chi connectivity index (χ4n) is 2.89. The summed E-state index contributed by atoms with van der Waals surface area (Å²) in [6.45, 7) is 0.317. The molecule has 0 aliphatic carbocycles. The Bertz CT molecular complexity index is 1220. The molecule has 0 saturated heterocycles. The maximum absolute atomic E-state index is 9.61. The number of hydrogen-bond donors (Lipinski definition) is 1. The number of H-pyrrole nitrogens is 1. The number of allylic oxidation sites excluding steroid dienone is 1. The van der Waals surface area contributed by atoms with Crippen LogP contribution in [0.2, 0.25) is 10.0 Å². The predicted molar refractivity (Wildman–Crippen MR) is 117 cm³/mol. The van der Waals surface area contributed by atoms with Crippen LogP contribution < -0.4 is 4.74 Å². The topological polar surface area (TPSA) is 61.7 Å². The molecule has 0 radical (unpaired) electrons. The van der Waals surface area contributed by atoms with Gasteiger partial charge in [-0.05, 0) is 48.0 Å². The van der Waals surface area contributed by atoms with E-state index in [1.54, 1.807) is 18.2 Å². The third kappa shape index (κ3) is 4.43. The molecule has 29 heavy (non-hydrogen) atoms. The van der Waals surface area contributed by atoms with E-state index < -0.39 is 0 Å². The average molecular weight is 420 g/mol. The number of rotatable bonds is 5. The van der Waals surface area contributed by atoms with Gasteiger partial charge in [-0.15, -0.1) is 0 Å². The number of benzene rings is 3. The molecule has 142 valence electrons. The highest BCUT2D eigenvalue weighted by Crippen LogP contribution is 2.24. The molecule has 3 aromatic carbocycles. The molecule has 1 heterocycles. The van der Waals surface area contributed by atoms with Gasteiger partial charge in [0.1, 0.15) is 24.3 Å². The van der Waals surface area contributed by atoms with Gasteiger partial charge in [0, 0.05) is 15.6 Å². The second-order valence-corrected chi connectivity index (χ2v) is 7.21. The van der Waals surface area contributed by atoms with Crippen molar-refractivity contribution in [3.8, 4) is 11.8 Å². The van der Waals surface area contributed by atoms with E-state index in [1.165, 1.54) is 0 Å². The molecule has 0 atom stereocenters. The zero-order chi connectivity index (χ0) is 20.2. The van der Waals surface area contributed by atoms with Crippen molar-refractivity contribution in [2.45, 2.75) is 6.61 Å². The minimum atomic E-state index is 0.317. The van der Waals surface area contributed by atoms with Crippen molar-refractivity contribution in [2.75, 3.05) is 0 Å². The number of aromatic amines is 1. The van der Waals surface area contributed by atoms with E-state index in [2.05, 4.69) is 16.0 Å². The highest BCUT2D eigenvalue weighted by molar-refractivity contribution is 6.35. The molecule has 4 aromatic rings. The Morgan fingerprint density at radius 1 is 1.07 bits per heavy atom. The fraction of sp³-hybridized carbons (Fsp3) is 0.0435. The van der Waals surface area contributed by atoms with E-state index >= 15 is 0 Å². The Morgan fingerprint density at radius 2 is 1.93 bits per heavy atom. The summed E-state index contributed by atoms with van der Waals surface area (Å²) in [5.74, 6) is 1.21. The van der Waals surface area contributed by atoms with Crippen molar-refractivity contribution < 1.29 is 4.74 Å². The second-order valence-electron chi connectivity index (χ2n) is 6.37. The van der Waals surface area contributed by atoms with E-state index in [-0.39, 0.29) is 0 Å². The van der Waals surface area contributed by atoms with Gasteiger partial charge in [-0.3, -0.25) is 0 Å². The van der Waals surface area contributed by atoms with Gasteiger partial charge in [-0.25, -0.2) is 4.98 Å². The normalized spacial score (nSPS) is 11.4. The fourth-order valence-corrected chi connectivity index (χ4v) is 3.36. The van der Waals surface area contributed by atoms with Crippen molar-refractivity contribution in [3.05, 3.63) is 93.7 Å². The second kappa shape index (κ2) is 8.40. The lowest BCUT2D eigenvalue weighted by Crippen LogP contribution is -1.96. The summed E-state index contributed by atoms with van der Waals surface area (Å²) in [5.41, 5.74) is 3.83. The summed E-state index contributed by atoms with van der Waals surface area (Å²) in [7, 11) is 0. The number of fused-ring (bicyclic) bond motifs is 1. The Balaban J connectivity index is 1.56. The van der Waals surface area contributed by atoms with Crippen molar-refractivity contribution in [1.29, 1.82) is 5.26 Å². The van der Waals surface area contributed by atoms with Crippen LogP contribution >= 0.6 is 23.2 Å². The molecule has 0 bridgehead atoms. The highest BCUT2D eigenvalue weighted by Gasteiger charge is 2.08. The number of para-hydroxylation sites is 2. The van der Waals surface area contributed by atoms with E-state index in [0.717, 1.165) is 22.2 Å². The van der Waals surface area contributed by atoms with Gasteiger partial charge in [-0.2, -0.15) is 5.26 Å². The number of halogens is 2. The SMILES string of the molecule is N#CC(=Cc1cccc(OCc2ccc(Cl)cc2Cl)c1)c1nc2ccccc2[nH]1. The van der Waals surface area contributed by atoms with E-state index in [0.29, 0.717) is 33.8 Å². The Morgan fingerprint density at radius 3 is 2.72 bits per heavy atom. The Labute approximate surface area is 178 Å². The lowest BCUT2D eigenvalue weighted by atomic mass is 10.1. The first-order valence-electron chi connectivity index (χ1n) is 8.86. The number of ether oxygens (including phenoxy) is 1. The maximum Gasteiger partial charge on any atom is 0.149 e. The predicted octanol–water partition coefficient (Wildman–Crippen LogP) is 6.51. The van der Waals surface area contributed by atoms with Crippen LogP contribution in [-0.2, 0) is 6.61 Å². The first kappa shape index (κ1) is 19.1. The number of nitriles is 1. The van der Waals surface area contributed by atoms with Gasteiger partial charge in [0.2, 0.25) is 0 Å². The van der Waals surface area contributed by atoms with Gasteiger partial charge >= 0.3 is 0 Å². The Kier molecular flexibility index (Phi) is 5.53.